The average Bonchev–Trinajstić information content (AvgIpc) is 3.03. The van der Waals surface area contributed by atoms with Crippen LogP contribution in [-0.4, -0.2) is 15.0 Å². The molecule has 2 heterocycles. The van der Waals surface area contributed by atoms with Gasteiger partial charge >= 0.3 is 0 Å². The van der Waals surface area contributed by atoms with Crippen LogP contribution >= 0.6 is 11.8 Å². The Bertz CT molecular complexity index is 707. The summed E-state index contributed by atoms with van der Waals surface area (Å²) in [7, 11) is 0. The number of nitrogens with zero attached hydrogens (tertiary/aromatic N) is 2. The standard InChI is InChI=1S/C16H14N2S/c1-3-7-15-13(6-1)10-17-18(15)11-14-9-12-5-2-4-8-16(12)19-14/h1-8,10,14H,9,11H2. The highest BCUT2D eigenvalue weighted by Crippen LogP contribution is 2.37. The zero-order valence-electron chi connectivity index (χ0n) is 10.5. The van der Waals surface area contributed by atoms with Crippen molar-refractivity contribution < 1.29 is 0 Å². The monoisotopic (exact) mass is 266 g/mol. The van der Waals surface area contributed by atoms with Crippen LogP contribution in [0.25, 0.3) is 10.9 Å². The summed E-state index contributed by atoms with van der Waals surface area (Å²) in [6.07, 6.45) is 3.11. The molecule has 1 aliphatic heterocycles. The van der Waals surface area contributed by atoms with Crippen LogP contribution in [-0.2, 0) is 13.0 Å². The van der Waals surface area contributed by atoms with Gasteiger partial charge in [0.1, 0.15) is 0 Å². The largest absolute Gasteiger partial charge is 0.264 e. The lowest BCUT2D eigenvalue weighted by Gasteiger charge is -2.09. The molecule has 0 saturated carbocycles. The Morgan fingerprint density at radius 2 is 1.95 bits per heavy atom. The highest BCUT2D eigenvalue weighted by molar-refractivity contribution is 8.00. The number of rotatable bonds is 2. The third-order valence-corrected chi connectivity index (χ3v) is 4.94. The van der Waals surface area contributed by atoms with E-state index in [4.69, 9.17) is 0 Å². The van der Waals surface area contributed by atoms with E-state index in [0.717, 1.165) is 13.0 Å². The van der Waals surface area contributed by atoms with E-state index in [2.05, 4.69) is 58.3 Å². The predicted molar refractivity (Wildman–Crippen MR) is 79.5 cm³/mol. The van der Waals surface area contributed by atoms with E-state index in [1.54, 1.807) is 0 Å². The van der Waals surface area contributed by atoms with Gasteiger partial charge in [0.25, 0.3) is 0 Å². The van der Waals surface area contributed by atoms with Crippen LogP contribution in [0, 0.1) is 0 Å². The van der Waals surface area contributed by atoms with Crippen LogP contribution in [0.4, 0.5) is 0 Å². The van der Waals surface area contributed by atoms with Crippen molar-refractivity contribution in [2.75, 3.05) is 0 Å². The first-order valence-corrected chi connectivity index (χ1v) is 7.43. The summed E-state index contributed by atoms with van der Waals surface area (Å²) in [6, 6.07) is 17.1. The van der Waals surface area contributed by atoms with Gasteiger partial charge in [-0.3, -0.25) is 4.68 Å². The Morgan fingerprint density at radius 3 is 2.89 bits per heavy atom. The molecule has 0 N–H and O–H groups in total. The number of para-hydroxylation sites is 1. The summed E-state index contributed by atoms with van der Waals surface area (Å²) in [5.74, 6) is 0. The van der Waals surface area contributed by atoms with Gasteiger partial charge in [-0.25, -0.2) is 0 Å². The van der Waals surface area contributed by atoms with Crippen molar-refractivity contribution in [2.24, 2.45) is 0 Å². The maximum atomic E-state index is 4.52. The van der Waals surface area contributed by atoms with Crippen LogP contribution in [0.15, 0.2) is 59.6 Å². The third-order valence-electron chi connectivity index (χ3n) is 3.64. The van der Waals surface area contributed by atoms with E-state index in [0.29, 0.717) is 5.25 Å². The fourth-order valence-electron chi connectivity index (χ4n) is 2.72. The fourth-order valence-corrected chi connectivity index (χ4v) is 4.02. The molecule has 3 heteroatoms. The minimum Gasteiger partial charge on any atom is -0.264 e. The maximum Gasteiger partial charge on any atom is 0.0682 e. The zero-order valence-corrected chi connectivity index (χ0v) is 11.3. The maximum absolute atomic E-state index is 4.52. The van der Waals surface area contributed by atoms with Crippen LogP contribution in [0.5, 0.6) is 0 Å². The molecule has 1 aromatic heterocycles. The molecule has 1 unspecified atom stereocenters. The number of aromatic nitrogens is 2. The Morgan fingerprint density at radius 1 is 1.11 bits per heavy atom. The van der Waals surface area contributed by atoms with Gasteiger partial charge in [0.05, 0.1) is 18.3 Å². The molecular formula is C16H14N2S. The molecule has 0 spiro atoms. The number of hydrogen-bond acceptors (Lipinski definition) is 2. The van der Waals surface area contributed by atoms with Gasteiger partial charge in [-0.1, -0.05) is 36.4 Å². The van der Waals surface area contributed by atoms with E-state index >= 15 is 0 Å². The highest BCUT2D eigenvalue weighted by Gasteiger charge is 2.22. The van der Waals surface area contributed by atoms with Crippen LogP contribution in [0.3, 0.4) is 0 Å². The quantitative estimate of drug-likeness (QED) is 0.703. The van der Waals surface area contributed by atoms with Gasteiger partial charge in [-0.05, 0) is 24.1 Å². The van der Waals surface area contributed by atoms with E-state index in [-0.39, 0.29) is 0 Å². The zero-order chi connectivity index (χ0) is 12.7. The van der Waals surface area contributed by atoms with Crippen molar-refractivity contribution in [1.82, 2.24) is 9.78 Å². The Balaban J connectivity index is 1.60. The second kappa shape index (κ2) is 4.42. The predicted octanol–water partition coefficient (Wildman–Crippen LogP) is 3.75. The first-order chi connectivity index (χ1) is 9.40. The first-order valence-electron chi connectivity index (χ1n) is 6.55. The SMILES string of the molecule is c1ccc2c(c1)CC(Cn1ncc3ccccc31)S2. The number of fused-ring (bicyclic) bond motifs is 2. The molecule has 1 aliphatic rings. The Labute approximate surface area is 116 Å². The lowest BCUT2D eigenvalue weighted by Crippen LogP contribution is -2.13. The summed E-state index contributed by atoms with van der Waals surface area (Å²) >= 11 is 1.98. The van der Waals surface area contributed by atoms with Gasteiger partial charge in [0.15, 0.2) is 0 Å². The molecule has 0 radical (unpaired) electrons. The normalized spacial score (nSPS) is 17.8. The van der Waals surface area contributed by atoms with Gasteiger partial charge in [-0.15, -0.1) is 11.8 Å². The lowest BCUT2D eigenvalue weighted by molar-refractivity contribution is 0.613. The summed E-state index contributed by atoms with van der Waals surface area (Å²) in [6.45, 7) is 0.979. The average molecular weight is 266 g/mol. The molecule has 3 aromatic rings. The van der Waals surface area contributed by atoms with Crippen molar-refractivity contribution in [1.29, 1.82) is 0 Å². The molecule has 0 fully saturated rings. The molecule has 19 heavy (non-hydrogen) atoms. The molecule has 0 bridgehead atoms. The second-order valence-electron chi connectivity index (χ2n) is 4.94. The van der Waals surface area contributed by atoms with Crippen LogP contribution in [0.1, 0.15) is 5.56 Å². The lowest BCUT2D eigenvalue weighted by atomic mass is 10.1. The Hall–Kier alpha value is -1.74. The molecule has 2 nitrogen and oxygen atoms in total. The van der Waals surface area contributed by atoms with Gasteiger partial charge < -0.3 is 0 Å². The molecule has 0 saturated heterocycles. The van der Waals surface area contributed by atoms with Gasteiger partial charge in [0, 0.05) is 15.5 Å². The third kappa shape index (κ3) is 1.94. The summed E-state index contributed by atoms with van der Waals surface area (Å²) in [5, 5.41) is 6.35. The van der Waals surface area contributed by atoms with Crippen molar-refractivity contribution >= 4 is 22.7 Å². The van der Waals surface area contributed by atoms with Crippen LogP contribution < -0.4 is 0 Å². The van der Waals surface area contributed by atoms with E-state index in [1.165, 1.54) is 21.4 Å². The molecule has 1 atom stereocenters. The second-order valence-corrected chi connectivity index (χ2v) is 6.28. The van der Waals surface area contributed by atoms with E-state index < -0.39 is 0 Å². The minimum absolute atomic E-state index is 0.598. The minimum atomic E-state index is 0.598. The van der Waals surface area contributed by atoms with Crippen LogP contribution in [0.2, 0.25) is 0 Å². The summed E-state index contributed by atoms with van der Waals surface area (Å²) < 4.78 is 2.14. The van der Waals surface area contributed by atoms with E-state index in [1.807, 2.05) is 18.0 Å². The van der Waals surface area contributed by atoms with Crippen molar-refractivity contribution in [3.8, 4) is 0 Å². The van der Waals surface area contributed by atoms with Crippen molar-refractivity contribution in [3.05, 3.63) is 60.3 Å². The first kappa shape index (κ1) is 11.1. The molecule has 0 aliphatic carbocycles. The molecule has 0 amide bonds. The highest BCUT2D eigenvalue weighted by atomic mass is 32.2. The fraction of sp³-hybridized carbons (Fsp3) is 0.188. The summed E-state index contributed by atoms with van der Waals surface area (Å²) in [4.78, 5) is 1.43. The number of thioether (sulfide) groups is 1. The molecule has 94 valence electrons. The van der Waals surface area contributed by atoms with Gasteiger partial charge in [-0.2, -0.15) is 5.10 Å². The van der Waals surface area contributed by atoms with Crippen molar-refractivity contribution in [2.45, 2.75) is 23.1 Å². The van der Waals surface area contributed by atoms with E-state index in [9.17, 15) is 0 Å². The molecule has 4 rings (SSSR count). The number of benzene rings is 2. The Kier molecular flexibility index (Phi) is 2.59. The van der Waals surface area contributed by atoms with Crippen molar-refractivity contribution in [3.63, 3.8) is 0 Å². The molecule has 2 aromatic carbocycles. The smallest absolute Gasteiger partial charge is 0.0682 e. The van der Waals surface area contributed by atoms with Gasteiger partial charge in [0.2, 0.25) is 0 Å². The topological polar surface area (TPSA) is 17.8 Å². The summed E-state index contributed by atoms with van der Waals surface area (Å²) in [5.41, 5.74) is 2.72. The molecular weight excluding hydrogens is 252 g/mol. The number of hydrogen-bond donors (Lipinski definition) is 0.